The molecule has 1 saturated heterocycles. The van der Waals surface area contributed by atoms with Crippen LogP contribution in [0.25, 0.3) is 11.5 Å². The highest BCUT2D eigenvalue weighted by molar-refractivity contribution is 5.93. The molecule has 2 aromatic heterocycles. The summed E-state index contributed by atoms with van der Waals surface area (Å²) in [6.45, 7) is 2.51. The Kier molecular flexibility index (Phi) is 4.32. The average Bonchev–Trinajstić information content (AvgIpc) is 3.30. The summed E-state index contributed by atoms with van der Waals surface area (Å²) in [5.74, 6) is 1.01. The first-order valence-corrected chi connectivity index (χ1v) is 8.80. The van der Waals surface area contributed by atoms with Crippen molar-refractivity contribution in [3.63, 3.8) is 0 Å². The van der Waals surface area contributed by atoms with Gasteiger partial charge in [-0.3, -0.25) is 9.89 Å². The Hall–Kier alpha value is -2.89. The third kappa shape index (κ3) is 3.14. The minimum Gasteiger partial charge on any atom is -0.460 e. The third-order valence-corrected chi connectivity index (χ3v) is 4.80. The van der Waals surface area contributed by atoms with E-state index in [0.29, 0.717) is 23.7 Å². The van der Waals surface area contributed by atoms with E-state index in [9.17, 15) is 9.18 Å². The molecule has 1 aliphatic heterocycles. The molecule has 1 amide bonds. The number of carbonyl (C=O) groups excluding carboxylic acids is 1. The Morgan fingerprint density at radius 3 is 2.92 bits per heavy atom. The molecule has 1 atom stereocenters. The topological polar surface area (TPSA) is 62.1 Å². The molecule has 0 aliphatic carbocycles. The van der Waals surface area contributed by atoms with Gasteiger partial charge in [0.25, 0.3) is 5.91 Å². The molecule has 134 valence electrons. The molecule has 4 rings (SSSR count). The summed E-state index contributed by atoms with van der Waals surface area (Å²) in [5.41, 5.74) is 1.84. The number of aryl methyl sites for hydroxylation is 1. The van der Waals surface area contributed by atoms with Gasteiger partial charge in [-0.2, -0.15) is 5.10 Å². The molecular weight excluding hydrogens is 333 g/mol. The first-order chi connectivity index (χ1) is 12.6. The van der Waals surface area contributed by atoms with Crippen molar-refractivity contribution < 1.29 is 13.6 Å². The van der Waals surface area contributed by atoms with Crippen LogP contribution in [-0.4, -0.2) is 27.5 Å². The molecule has 0 saturated carbocycles. The molecule has 0 spiro atoms. The molecule has 0 unspecified atom stereocenters. The molecule has 1 N–H and O–H groups in total. The van der Waals surface area contributed by atoms with Crippen LogP contribution in [0.4, 0.5) is 4.39 Å². The van der Waals surface area contributed by atoms with E-state index in [4.69, 9.17) is 4.42 Å². The van der Waals surface area contributed by atoms with Crippen LogP contribution in [0.2, 0.25) is 0 Å². The lowest BCUT2D eigenvalue weighted by atomic mass is 9.95. The van der Waals surface area contributed by atoms with Gasteiger partial charge < -0.3 is 9.32 Å². The van der Waals surface area contributed by atoms with Crippen molar-refractivity contribution in [2.45, 2.75) is 32.2 Å². The van der Waals surface area contributed by atoms with E-state index in [1.54, 1.807) is 17.0 Å². The molecule has 6 heteroatoms. The number of halogens is 1. The van der Waals surface area contributed by atoms with Crippen molar-refractivity contribution in [2.75, 3.05) is 6.54 Å². The number of nitrogens with zero attached hydrogens (tertiary/aromatic N) is 2. The van der Waals surface area contributed by atoms with Gasteiger partial charge in [0.1, 0.15) is 17.3 Å². The standard InChI is InChI=1S/C20H20FN3O2/c1-13-8-9-19(26-13)16-12-17(23-22-16)20(25)24-10-3-2-7-18(24)14-5-4-6-15(21)11-14/h4-6,8-9,11-12,18H,2-3,7,10H2,1H3,(H,22,23)/t18-/m1/s1. The van der Waals surface area contributed by atoms with Crippen molar-refractivity contribution in [2.24, 2.45) is 0 Å². The van der Waals surface area contributed by atoms with E-state index in [0.717, 1.165) is 30.6 Å². The SMILES string of the molecule is Cc1ccc(-c2cc(C(=O)N3CCCC[C@@H]3c3cccc(F)c3)n[nH]2)o1. The van der Waals surface area contributed by atoms with E-state index < -0.39 is 0 Å². The second kappa shape index (κ2) is 6.78. The monoisotopic (exact) mass is 353 g/mol. The Labute approximate surface area is 150 Å². The van der Waals surface area contributed by atoms with Crippen molar-refractivity contribution in [1.82, 2.24) is 15.1 Å². The number of nitrogens with one attached hydrogen (secondary N) is 1. The lowest BCUT2D eigenvalue weighted by Gasteiger charge is -2.35. The maximum atomic E-state index is 13.6. The van der Waals surface area contributed by atoms with Gasteiger partial charge >= 0.3 is 0 Å². The number of carbonyl (C=O) groups is 1. The van der Waals surface area contributed by atoms with Crippen molar-refractivity contribution in [3.8, 4) is 11.5 Å². The third-order valence-electron chi connectivity index (χ3n) is 4.80. The number of hydrogen-bond acceptors (Lipinski definition) is 3. The number of amides is 1. The van der Waals surface area contributed by atoms with Gasteiger partial charge in [0.15, 0.2) is 11.5 Å². The first-order valence-electron chi connectivity index (χ1n) is 8.80. The number of H-pyrrole nitrogens is 1. The predicted octanol–water partition coefficient (Wildman–Crippen LogP) is 4.48. The van der Waals surface area contributed by atoms with E-state index >= 15 is 0 Å². The summed E-state index contributed by atoms with van der Waals surface area (Å²) in [7, 11) is 0. The molecule has 3 aromatic rings. The van der Waals surface area contributed by atoms with Crippen LogP contribution < -0.4 is 0 Å². The second-order valence-corrected chi connectivity index (χ2v) is 6.64. The lowest BCUT2D eigenvalue weighted by molar-refractivity contribution is 0.0605. The highest BCUT2D eigenvalue weighted by atomic mass is 19.1. The molecule has 0 bridgehead atoms. The number of benzene rings is 1. The zero-order valence-electron chi connectivity index (χ0n) is 14.5. The molecule has 0 radical (unpaired) electrons. The maximum absolute atomic E-state index is 13.6. The van der Waals surface area contributed by atoms with Crippen LogP contribution in [0.3, 0.4) is 0 Å². The molecule has 1 aromatic carbocycles. The van der Waals surface area contributed by atoms with Crippen LogP contribution in [0.15, 0.2) is 46.9 Å². The Morgan fingerprint density at radius 2 is 2.15 bits per heavy atom. The summed E-state index contributed by atoms with van der Waals surface area (Å²) >= 11 is 0. The summed E-state index contributed by atoms with van der Waals surface area (Å²) in [6.07, 6.45) is 2.78. The number of piperidine rings is 1. The second-order valence-electron chi connectivity index (χ2n) is 6.64. The molecule has 1 aliphatic rings. The number of furan rings is 1. The van der Waals surface area contributed by atoms with E-state index in [-0.39, 0.29) is 17.8 Å². The van der Waals surface area contributed by atoms with Crippen LogP contribution in [0, 0.1) is 12.7 Å². The Bertz CT molecular complexity index is 931. The van der Waals surface area contributed by atoms with Gasteiger partial charge in [0, 0.05) is 12.6 Å². The van der Waals surface area contributed by atoms with Gasteiger partial charge in [0.05, 0.1) is 6.04 Å². The van der Waals surface area contributed by atoms with Gasteiger partial charge in [-0.15, -0.1) is 0 Å². The number of likely N-dealkylation sites (tertiary alicyclic amines) is 1. The van der Waals surface area contributed by atoms with Crippen molar-refractivity contribution in [1.29, 1.82) is 0 Å². The normalized spacial score (nSPS) is 17.5. The number of aromatic amines is 1. The van der Waals surface area contributed by atoms with Crippen LogP contribution in [0.1, 0.15) is 47.1 Å². The van der Waals surface area contributed by atoms with Crippen molar-refractivity contribution >= 4 is 5.91 Å². The summed E-state index contributed by atoms with van der Waals surface area (Å²) < 4.78 is 19.2. The fraction of sp³-hybridized carbons (Fsp3) is 0.300. The Morgan fingerprint density at radius 1 is 1.27 bits per heavy atom. The minimum absolute atomic E-state index is 0.127. The largest absolute Gasteiger partial charge is 0.460 e. The van der Waals surface area contributed by atoms with Gasteiger partial charge in [-0.1, -0.05) is 12.1 Å². The van der Waals surface area contributed by atoms with Crippen LogP contribution in [-0.2, 0) is 0 Å². The van der Waals surface area contributed by atoms with Gasteiger partial charge in [-0.25, -0.2) is 4.39 Å². The fourth-order valence-corrected chi connectivity index (χ4v) is 3.52. The number of aromatic nitrogens is 2. The molecular formula is C20H20FN3O2. The predicted molar refractivity (Wildman–Crippen MR) is 95.1 cm³/mol. The van der Waals surface area contributed by atoms with E-state index in [1.807, 2.05) is 25.1 Å². The smallest absolute Gasteiger partial charge is 0.274 e. The number of hydrogen-bond donors (Lipinski definition) is 1. The summed E-state index contributed by atoms with van der Waals surface area (Å²) in [6, 6.07) is 11.8. The highest BCUT2D eigenvalue weighted by Gasteiger charge is 2.30. The Balaban J connectivity index is 1.60. The summed E-state index contributed by atoms with van der Waals surface area (Å²) in [5, 5.41) is 7.04. The van der Waals surface area contributed by atoms with Crippen LogP contribution >= 0.6 is 0 Å². The first kappa shape index (κ1) is 16.6. The maximum Gasteiger partial charge on any atom is 0.274 e. The van der Waals surface area contributed by atoms with E-state index in [2.05, 4.69) is 10.2 Å². The lowest BCUT2D eigenvalue weighted by Crippen LogP contribution is -2.38. The zero-order chi connectivity index (χ0) is 18.1. The van der Waals surface area contributed by atoms with Gasteiger partial charge in [-0.05, 0) is 56.0 Å². The summed E-state index contributed by atoms with van der Waals surface area (Å²) in [4.78, 5) is 14.8. The van der Waals surface area contributed by atoms with Gasteiger partial charge in [0.2, 0.25) is 0 Å². The van der Waals surface area contributed by atoms with E-state index in [1.165, 1.54) is 12.1 Å². The minimum atomic E-state index is -0.282. The van der Waals surface area contributed by atoms with Crippen molar-refractivity contribution in [3.05, 3.63) is 65.3 Å². The quantitative estimate of drug-likeness (QED) is 0.755. The highest BCUT2D eigenvalue weighted by Crippen LogP contribution is 2.32. The van der Waals surface area contributed by atoms with Crippen LogP contribution in [0.5, 0.6) is 0 Å². The average molecular weight is 353 g/mol. The zero-order valence-corrected chi connectivity index (χ0v) is 14.5. The molecule has 5 nitrogen and oxygen atoms in total. The number of rotatable bonds is 3. The molecule has 1 fully saturated rings. The fourth-order valence-electron chi connectivity index (χ4n) is 3.52. The molecule has 26 heavy (non-hydrogen) atoms. The molecule has 3 heterocycles.